The molecule has 0 radical (unpaired) electrons. The monoisotopic (exact) mass is 247 g/mol. The average Bonchev–Trinajstić information content (AvgIpc) is 2.55. The van der Waals surface area contributed by atoms with Gasteiger partial charge in [-0.3, -0.25) is 4.79 Å². The van der Waals surface area contributed by atoms with Crippen molar-refractivity contribution in [3.63, 3.8) is 0 Å². The fourth-order valence-electron chi connectivity index (χ4n) is 1.87. The van der Waals surface area contributed by atoms with E-state index in [2.05, 4.69) is 10.2 Å². The third kappa shape index (κ3) is 3.23. The number of carbonyl (C=O) groups excluding carboxylic acids is 1. The van der Waals surface area contributed by atoms with Gasteiger partial charge in [0, 0.05) is 12.1 Å². The van der Waals surface area contributed by atoms with Gasteiger partial charge in [-0.05, 0) is 37.0 Å². The molecule has 1 aliphatic heterocycles. The Hall–Kier alpha value is -2.04. The van der Waals surface area contributed by atoms with Crippen LogP contribution in [0, 0.1) is 5.82 Å². The molecule has 0 saturated heterocycles. The molecule has 2 N–H and O–H groups in total. The van der Waals surface area contributed by atoms with Crippen LogP contribution in [0.2, 0.25) is 0 Å². The number of primary amides is 1. The Kier molecular flexibility index (Phi) is 3.82. The van der Waals surface area contributed by atoms with Crippen molar-refractivity contribution in [2.24, 2.45) is 15.9 Å². The highest BCUT2D eigenvalue weighted by Gasteiger charge is 2.12. The number of benzene rings is 1. The lowest BCUT2D eigenvalue weighted by atomic mass is 10.0. The van der Waals surface area contributed by atoms with Crippen molar-refractivity contribution in [1.29, 1.82) is 0 Å². The summed E-state index contributed by atoms with van der Waals surface area (Å²) in [4.78, 5) is 11.0. The van der Waals surface area contributed by atoms with Crippen LogP contribution < -0.4 is 5.73 Å². The van der Waals surface area contributed by atoms with Crippen LogP contribution in [0.3, 0.4) is 0 Å². The Morgan fingerprint density at radius 3 is 2.89 bits per heavy atom. The quantitative estimate of drug-likeness (QED) is 0.869. The topological polar surface area (TPSA) is 67.8 Å². The maximum atomic E-state index is 13.0. The first-order valence-corrected chi connectivity index (χ1v) is 5.81. The van der Waals surface area contributed by atoms with Crippen molar-refractivity contribution in [2.75, 3.05) is 0 Å². The molecule has 0 fully saturated rings. The van der Waals surface area contributed by atoms with E-state index in [4.69, 9.17) is 5.73 Å². The fourth-order valence-corrected chi connectivity index (χ4v) is 1.87. The summed E-state index contributed by atoms with van der Waals surface area (Å²) in [6.07, 6.45) is 2.63. The molecule has 0 unspecified atom stereocenters. The van der Waals surface area contributed by atoms with Crippen molar-refractivity contribution in [3.05, 3.63) is 35.6 Å². The van der Waals surface area contributed by atoms with E-state index in [-0.39, 0.29) is 5.82 Å². The minimum absolute atomic E-state index is 0.261. The number of nitrogens with zero attached hydrogens (tertiary/aromatic N) is 2. The minimum Gasteiger partial charge on any atom is -0.364 e. The second kappa shape index (κ2) is 5.53. The normalized spacial score (nSPS) is 15.6. The largest absolute Gasteiger partial charge is 0.364 e. The van der Waals surface area contributed by atoms with Gasteiger partial charge in [0.1, 0.15) is 11.5 Å². The van der Waals surface area contributed by atoms with Crippen LogP contribution in [0.5, 0.6) is 0 Å². The van der Waals surface area contributed by atoms with Gasteiger partial charge in [-0.2, -0.15) is 5.10 Å². The molecule has 1 heterocycles. The number of nitrogens with two attached hydrogens (primary N) is 1. The van der Waals surface area contributed by atoms with Crippen LogP contribution in [0.25, 0.3) is 0 Å². The number of rotatable bonds is 3. The van der Waals surface area contributed by atoms with E-state index in [0.29, 0.717) is 18.6 Å². The minimum atomic E-state index is -0.522. The summed E-state index contributed by atoms with van der Waals surface area (Å²) in [5.74, 6) is -0.784. The zero-order valence-electron chi connectivity index (χ0n) is 9.90. The molecule has 2 rings (SSSR count). The van der Waals surface area contributed by atoms with E-state index in [1.807, 2.05) is 6.07 Å². The molecule has 0 aliphatic carbocycles. The number of hydrogen-bond acceptors (Lipinski definition) is 3. The molecule has 1 aromatic rings. The first-order valence-electron chi connectivity index (χ1n) is 5.81. The second-order valence-electron chi connectivity index (χ2n) is 4.24. The van der Waals surface area contributed by atoms with Gasteiger partial charge in [-0.1, -0.05) is 12.1 Å². The summed E-state index contributed by atoms with van der Waals surface area (Å²) in [7, 11) is 0. The van der Waals surface area contributed by atoms with E-state index in [9.17, 15) is 9.18 Å². The predicted octanol–water partition coefficient (Wildman–Crippen LogP) is 1.83. The lowest BCUT2D eigenvalue weighted by molar-refractivity contribution is -0.112. The lowest BCUT2D eigenvalue weighted by Gasteiger charge is -2.03. The van der Waals surface area contributed by atoms with Crippen LogP contribution in [0.15, 0.2) is 34.5 Å². The van der Waals surface area contributed by atoms with Gasteiger partial charge in [0.15, 0.2) is 0 Å². The van der Waals surface area contributed by atoms with Crippen molar-refractivity contribution in [3.8, 4) is 0 Å². The van der Waals surface area contributed by atoms with E-state index in [1.165, 1.54) is 12.1 Å². The summed E-state index contributed by atoms with van der Waals surface area (Å²) in [6.45, 7) is 0. The van der Waals surface area contributed by atoms with E-state index in [0.717, 1.165) is 24.1 Å². The molecule has 0 spiro atoms. The number of hydrogen-bond donors (Lipinski definition) is 1. The second-order valence-corrected chi connectivity index (χ2v) is 4.24. The van der Waals surface area contributed by atoms with Crippen LogP contribution in [0.4, 0.5) is 4.39 Å². The van der Waals surface area contributed by atoms with E-state index < -0.39 is 5.91 Å². The van der Waals surface area contributed by atoms with Crippen molar-refractivity contribution in [2.45, 2.75) is 25.7 Å². The standard InChI is InChI=1S/C13H14FN3O/c14-10-4-1-3-9(7-10)8-11-5-2-6-12(13(15)18)17-16-11/h1,3-4,7H,2,5-6,8H2,(H2,15,18). The van der Waals surface area contributed by atoms with Gasteiger partial charge in [0.25, 0.3) is 5.91 Å². The van der Waals surface area contributed by atoms with Crippen LogP contribution >= 0.6 is 0 Å². The highest BCUT2D eigenvalue weighted by atomic mass is 19.1. The van der Waals surface area contributed by atoms with Crippen LogP contribution in [-0.2, 0) is 11.2 Å². The Labute approximate surface area is 104 Å². The first kappa shape index (κ1) is 12.4. The third-order valence-corrected chi connectivity index (χ3v) is 2.77. The fraction of sp³-hybridized carbons (Fsp3) is 0.308. The van der Waals surface area contributed by atoms with Gasteiger partial charge >= 0.3 is 0 Å². The van der Waals surface area contributed by atoms with Gasteiger partial charge in [-0.25, -0.2) is 4.39 Å². The van der Waals surface area contributed by atoms with Gasteiger partial charge < -0.3 is 5.73 Å². The molecule has 0 bridgehead atoms. The highest BCUT2D eigenvalue weighted by Crippen LogP contribution is 2.12. The average molecular weight is 247 g/mol. The van der Waals surface area contributed by atoms with Gasteiger partial charge in [0.2, 0.25) is 0 Å². The molecule has 0 saturated carbocycles. The molecule has 1 aromatic carbocycles. The molecular weight excluding hydrogens is 233 g/mol. The molecule has 18 heavy (non-hydrogen) atoms. The number of halogens is 1. The van der Waals surface area contributed by atoms with E-state index >= 15 is 0 Å². The highest BCUT2D eigenvalue weighted by molar-refractivity contribution is 6.38. The van der Waals surface area contributed by atoms with Crippen LogP contribution in [0.1, 0.15) is 24.8 Å². The summed E-state index contributed by atoms with van der Waals surface area (Å²) in [6, 6.07) is 6.39. The Morgan fingerprint density at radius 1 is 1.33 bits per heavy atom. The number of carbonyl (C=O) groups is 1. The molecule has 4 nitrogen and oxygen atoms in total. The summed E-state index contributed by atoms with van der Waals surface area (Å²) in [5, 5.41) is 7.89. The third-order valence-electron chi connectivity index (χ3n) is 2.77. The molecule has 94 valence electrons. The maximum Gasteiger partial charge on any atom is 0.264 e. The van der Waals surface area contributed by atoms with Crippen LogP contribution in [-0.4, -0.2) is 17.3 Å². The Bertz CT molecular complexity index is 523. The summed E-state index contributed by atoms with van der Waals surface area (Å²) >= 11 is 0. The van der Waals surface area contributed by atoms with E-state index in [1.54, 1.807) is 6.07 Å². The smallest absolute Gasteiger partial charge is 0.264 e. The first-order chi connectivity index (χ1) is 8.65. The molecule has 1 aliphatic rings. The zero-order chi connectivity index (χ0) is 13.0. The Balaban J connectivity index is 2.12. The molecule has 5 heteroatoms. The summed E-state index contributed by atoms with van der Waals surface area (Å²) < 4.78 is 13.0. The lowest BCUT2D eigenvalue weighted by Crippen LogP contribution is -2.22. The van der Waals surface area contributed by atoms with Gasteiger partial charge in [-0.15, -0.1) is 5.10 Å². The zero-order valence-corrected chi connectivity index (χ0v) is 9.90. The van der Waals surface area contributed by atoms with Crippen molar-refractivity contribution >= 4 is 17.3 Å². The molecular formula is C13H14FN3O. The number of amides is 1. The van der Waals surface area contributed by atoms with Gasteiger partial charge in [0.05, 0.1) is 0 Å². The van der Waals surface area contributed by atoms with Crippen molar-refractivity contribution < 1.29 is 9.18 Å². The molecule has 0 aromatic heterocycles. The SMILES string of the molecule is NC(=O)C1=NN=C(Cc2cccc(F)c2)CCC1. The molecule has 0 atom stereocenters. The molecule has 1 amide bonds. The Morgan fingerprint density at radius 2 is 2.17 bits per heavy atom. The maximum absolute atomic E-state index is 13.0. The summed E-state index contributed by atoms with van der Waals surface area (Å²) in [5.41, 5.74) is 7.17. The van der Waals surface area contributed by atoms with Crippen molar-refractivity contribution in [1.82, 2.24) is 0 Å². The predicted molar refractivity (Wildman–Crippen MR) is 68.0 cm³/mol.